The fourth-order valence-electron chi connectivity index (χ4n) is 0.582. The number of hydrogen-bond donors (Lipinski definition) is 0. The highest BCUT2D eigenvalue weighted by molar-refractivity contribution is 4.34. The van der Waals surface area contributed by atoms with Gasteiger partial charge in [0.05, 0.1) is 20.1 Å². The Morgan fingerprint density at radius 3 is 1.40 bits per heavy atom. The molecule has 0 aromatic heterocycles. The van der Waals surface area contributed by atoms with Gasteiger partial charge in [-0.1, -0.05) is 0 Å². The Hall–Kier alpha value is -0.250. The summed E-state index contributed by atoms with van der Waals surface area (Å²) in [5, 5.41) is 0. The molecule has 62 valence electrons. The maximum atomic E-state index is 12.1. The van der Waals surface area contributed by atoms with Crippen LogP contribution >= 0.6 is 0 Å². The zero-order valence-corrected chi connectivity index (χ0v) is 6.50. The van der Waals surface area contributed by atoms with E-state index in [1.54, 1.807) is 0 Å². The van der Waals surface area contributed by atoms with Crippen molar-refractivity contribution in [3.63, 3.8) is 0 Å². The van der Waals surface area contributed by atoms with Crippen molar-refractivity contribution in [2.45, 2.75) is 20.1 Å². The SMILES string of the molecule is CC[N+](C)(CC)C(F)(F)F. The van der Waals surface area contributed by atoms with Crippen LogP contribution in [0, 0.1) is 0 Å². The van der Waals surface area contributed by atoms with Crippen LogP contribution in [0.4, 0.5) is 13.2 Å². The summed E-state index contributed by atoms with van der Waals surface area (Å²) in [6, 6.07) is 0. The van der Waals surface area contributed by atoms with Crippen molar-refractivity contribution in [3.8, 4) is 0 Å². The minimum absolute atomic E-state index is 0.0972. The minimum Gasteiger partial charge on any atom is -0.234 e. The first-order chi connectivity index (χ1) is 4.37. The maximum absolute atomic E-state index is 12.1. The molecule has 0 N–H and O–H groups in total. The van der Waals surface area contributed by atoms with Crippen LogP contribution < -0.4 is 0 Å². The van der Waals surface area contributed by atoms with Crippen molar-refractivity contribution in [1.29, 1.82) is 0 Å². The van der Waals surface area contributed by atoms with Gasteiger partial charge in [-0.25, -0.2) is 4.48 Å². The summed E-state index contributed by atoms with van der Waals surface area (Å²) in [6.07, 6.45) is -4.11. The van der Waals surface area contributed by atoms with Gasteiger partial charge in [-0.15, -0.1) is 13.2 Å². The van der Waals surface area contributed by atoms with Crippen molar-refractivity contribution < 1.29 is 17.7 Å². The van der Waals surface area contributed by atoms with Crippen LogP contribution in [0.1, 0.15) is 13.8 Å². The van der Waals surface area contributed by atoms with Gasteiger partial charge in [0, 0.05) is 0 Å². The summed E-state index contributed by atoms with van der Waals surface area (Å²) < 4.78 is 35.4. The Bertz CT molecular complexity index is 104. The van der Waals surface area contributed by atoms with E-state index >= 15 is 0 Å². The molecule has 0 aliphatic heterocycles. The normalized spacial score (nSPS) is 13.8. The molecule has 0 bridgehead atoms. The van der Waals surface area contributed by atoms with Gasteiger partial charge in [-0.3, -0.25) is 0 Å². The van der Waals surface area contributed by atoms with Gasteiger partial charge >= 0.3 is 6.30 Å². The fraction of sp³-hybridized carbons (Fsp3) is 1.00. The second-order valence-corrected chi connectivity index (χ2v) is 2.50. The summed E-state index contributed by atoms with van der Waals surface area (Å²) in [7, 11) is 1.19. The molecule has 0 saturated heterocycles. The topological polar surface area (TPSA) is 0 Å². The Kier molecular flexibility index (Phi) is 2.71. The van der Waals surface area contributed by atoms with E-state index in [-0.39, 0.29) is 13.1 Å². The minimum atomic E-state index is -4.11. The Morgan fingerprint density at radius 2 is 1.40 bits per heavy atom. The van der Waals surface area contributed by atoms with E-state index in [0.29, 0.717) is 0 Å². The monoisotopic (exact) mass is 156 g/mol. The standard InChI is InChI=1S/C6H13F3N/c1-4-10(3,5-2)6(7,8)9/h4-5H2,1-3H3/q+1. The Labute approximate surface area is 59.0 Å². The van der Waals surface area contributed by atoms with Crippen molar-refractivity contribution in [2.75, 3.05) is 20.1 Å². The second kappa shape index (κ2) is 2.78. The number of alkyl halides is 3. The van der Waals surface area contributed by atoms with Gasteiger partial charge in [0.1, 0.15) is 0 Å². The summed E-state index contributed by atoms with van der Waals surface area (Å²) in [5.74, 6) is 0. The molecule has 0 saturated carbocycles. The molecule has 0 aliphatic rings. The van der Waals surface area contributed by atoms with Gasteiger partial charge in [-0.2, -0.15) is 0 Å². The number of nitrogens with zero attached hydrogens (tertiary/aromatic N) is 1. The first-order valence-electron chi connectivity index (χ1n) is 3.28. The van der Waals surface area contributed by atoms with Crippen molar-refractivity contribution >= 4 is 0 Å². The molecular formula is C6H13F3N+. The van der Waals surface area contributed by atoms with E-state index < -0.39 is 10.8 Å². The third-order valence-corrected chi connectivity index (χ3v) is 2.01. The maximum Gasteiger partial charge on any atom is 0.560 e. The lowest BCUT2D eigenvalue weighted by atomic mass is 10.4. The molecular weight excluding hydrogens is 143 g/mol. The predicted molar refractivity (Wildman–Crippen MR) is 33.3 cm³/mol. The van der Waals surface area contributed by atoms with Crippen LogP contribution in [0.5, 0.6) is 0 Å². The molecule has 0 atom stereocenters. The number of hydrogen-bond acceptors (Lipinski definition) is 0. The van der Waals surface area contributed by atoms with E-state index in [4.69, 9.17) is 0 Å². The van der Waals surface area contributed by atoms with Crippen molar-refractivity contribution in [2.24, 2.45) is 0 Å². The molecule has 0 rings (SSSR count). The molecule has 0 amide bonds. The molecule has 0 radical (unpaired) electrons. The highest BCUT2D eigenvalue weighted by Gasteiger charge is 2.49. The Balaban J connectivity index is 4.33. The molecule has 0 aliphatic carbocycles. The van der Waals surface area contributed by atoms with Crippen molar-refractivity contribution in [3.05, 3.63) is 0 Å². The van der Waals surface area contributed by atoms with Crippen LogP contribution in [0.25, 0.3) is 0 Å². The highest BCUT2D eigenvalue weighted by Crippen LogP contribution is 2.27. The molecule has 0 unspecified atom stereocenters. The third kappa shape index (κ3) is 1.62. The second-order valence-electron chi connectivity index (χ2n) is 2.50. The Morgan fingerprint density at radius 1 is 1.10 bits per heavy atom. The lowest BCUT2D eigenvalue weighted by Gasteiger charge is -2.32. The van der Waals surface area contributed by atoms with E-state index in [0.717, 1.165) is 0 Å². The molecule has 10 heavy (non-hydrogen) atoms. The quantitative estimate of drug-likeness (QED) is 0.423. The summed E-state index contributed by atoms with van der Waals surface area (Å²) in [5.41, 5.74) is 0. The zero-order chi connectivity index (χ0) is 8.41. The largest absolute Gasteiger partial charge is 0.560 e. The first-order valence-corrected chi connectivity index (χ1v) is 3.28. The molecule has 0 aromatic rings. The van der Waals surface area contributed by atoms with E-state index in [9.17, 15) is 13.2 Å². The van der Waals surface area contributed by atoms with Crippen molar-refractivity contribution in [1.82, 2.24) is 0 Å². The number of rotatable bonds is 2. The molecule has 0 aromatic carbocycles. The van der Waals surface area contributed by atoms with E-state index in [1.165, 1.54) is 20.9 Å². The molecule has 0 heterocycles. The van der Waals surface area contributed by atoms with Gasteiger partial charge in [0.15, 0.2) is 0 Å². The number of quaternary nitrogens is 1. The zero-order valence-electron chi connectivity index (χ0n) is 6.50. The fourth-order valence-corrected chi connectivity index (χ4v) is 0.582. The van der Waals surface area contributed by atoms with Crippen LogP contribution in [-0.2, 0) is 0 Å². The van der Waals surface area contributed by atoms with E-state index in [2.05, 4.69) is 0 Å². The lowest BCUT2D eigenvalue weighted by Crippen LogP contribution is -2.54. The van der Waals surface area contributed by atoms with Gasteiger partial charge in [0.2, 0.25) is 0 Å². The average molecular weight is 156 g/mol. The summed E-state index contributed by atoms with van der Waals surface area (Å²) in [4.78, 5) is 0. The smallest absolute Gasteiger partial charge is 0.234 e. The van der Waals surface area contributed by atoms with Gasteiger partial charge in [-0.05, 0) is 13.8 Å². The highest BCUT2D eigenvalue weighted by atomic mass is 19.4. The van der Waals surface area contributed by atoms with Crippen LogP contribution in [0.15, 0.2) is 0 Å². The van der Waals surface area contributed by atoms with E-state index in [1.807, 2.05) is 0 Å². The molecule has 4 heteroatoms. The first kappa shape index (κ1) is 9.75. The average Bonchev–Trinajstić information content (AvgIpc) is 1.84. The molecule has 0 spiro atoms. The number of halogens is 3. The third-order valence-electron chi connectivity index (χ3n) is 2.01. The van der Waals surface area contributed by atoms with Crippen LogP contribution in [0.2, 0.25) is 0 Å². The van der Waals surface area contributed by atoms with Crippen LogP contribution in [-0.4, -0.2) is 30.9 Å². The van der Waals surface area contributed by atoms with Gasteiger partial charge in [0.25, 0.3) is 0 Å². The van der Waals surface area contributed by atoms with Gasteiger partial charge < -0.3 is 0 Å². The lowest BCUT2D eigenvalue weighted by molar-refractivity contribution is -1.01. The predicted octanol–water partition coefficient (Wildman–Crippen LogP) is 1.99. The molecule has 0 fully saturated rings. The van der Waals surface area contributed by atoms with Crippen LogP contribution in [0.3, 0.4) is 0 Å². The molecule has 1 nitrogen and oxygen atoms in total. The summed E-state index contributed by atoms with van der Waals surface area (Å²) in [6.45, 7) is 3.27. The summed E-state index contributed by atoms with van der Waals surface area (Å²) >= 11 is 0.